The average molecular weight is 482 g/mol. The van der Waals surface area contributed by atoms with Gasteiger partial charge in [0.1, 0.15) is 11.5 Å². The Morgan fingerprint density at radius 2 is 1.69 bits per heavy atom. The number of benzene rings is 3. The summed E-state index contributed by atoms with van der Waals surface area (Å²) in [5.41, 5.74) is 2.98. The van der Waals surface area contributed by atoms with Crippen LogP contribution in [0, 0.1) is 17.0 Å². The molecular weight excluding hydrogens is 462 g/mol. The number of carbonyl (C=O) groups is 1. The van der Waals surface area contributed by atoms with Gasteiger partial charge in [-0.1, -0.05) is 36.4 Å². The lowest BCUT2D eigenvalue weighted by Crippen LogP contribution is -2.28. The van der Waals surface area contributed by atoms with Crippen molar-refractivity contribution in [3.05, 3.63) is 117 Å². The lowest BCUT2D eigenvalue weighted by molar-refractivity contribution is -0.384. The lowest BCUT2D eigenvalue weighted by atomic mass is 10.1. The van der Waals surface area contributed by atoms with E-state index in [1.165, 1.54) is 23.9 Å². The van der Waals surface area contributed by atoms with Crippen molar-refractivity contribution in [1.82, 2.24) is 0 Å². The van der Waals surface area contributed by atoms with E-state index < -0.39 is 4.92 Å². The van der Waals surface area contributed by atoms with E-state index in [4.69, 9.17) is 9.41 Å². The predicted octanol–water partition coefficient (Wildman–Crippen LogP) is 6.97. The number of non-ortho nitro benzene ring substituents is 1. The number of anilines is 1. The van der Waals surface area contributed by atoms with Crippen LogP contribution in [0.2, 0.25) is 0 Å². The Hall–Kier alpha value is -4.43. The second kappa shape index (κ2) is 9.44. The number of rotatable bonds is 5. The molecule has 0 atom stereocenters. The number of aliphatic imine (C=N–C) groups is 1. The minimum absolute atomic E-state index is 0.0272. The van der Waals surface area contributed by atoms with E-state index in [-0.39, 0.29) is 11.6 Å². The van der Waals surface area contributed by atoms with E-state index in [1.54, 1.807) is 36.1 Å². The smallest absolute Gasteiger partial charge is 0.271 e. The van der Waals surface area contributed by atoms with Crippen LogP contribution in [0.1, 0.15) is 11.3 Å². The fourth-order valence-electron chi connectivity index (χ4n) is 3.71. The first-order valence-corrected chi connectivity index (χ1v) is 11.6. The fraction of sp³-hybridized carbons (Fsp3) is 0.0370. The van der Waals surface area contributed by atoms with Crippen LogP contribution in [0.4, 0.5) is 17.1 Å². The summed E-state index contributed by atoms with van der Waals surface area (Å²) in [5, 5.41) is 11.6. The minimum atomic E-state index is -0.426. The van der Waals surface area contributed by atoms with Crippen LogP contribution < -0.4 is 4.90 Å². The molecule has 1 aliphatic heterocycles. The molecule has 0 spiro atoms. The quantitative estimate of drug-likeness (QED) is 0.174. The molecular formula is C27H19N3O4S. The molecule has 172 valence electrons. The van der Waals surface area contributed by atoms with Crippen molar-refractivity contribution in [2.75, 3.05) is 4.90 Å². The van der Waals surface area contributed by atoms with Gasteiger partial charge in [-0.15, -0.1) is 0 Å². The van der Waals surface area contributed by atoms with Crippen molar-refractivity contribution >= 4 is 46.0 Å². The maximum absolute atomic E-state index is 13.4. The first-order valence-electron chi connectivity index (χ1n) is 10.8. The van der Waals surface area contributed by atoms with Crippen LogP contribution in [0.15, 0.2) is 105 Å². The van der Waals surface area contributed by atoms with Crippen molar-refractivity contribution in [3.63, 3.8) is 0 Å². The van der Waals surface area contributed by atoms with Crippen molar-refractivity contribution in [3.8, 4) is 11.3 Å². The topological polar surface area (TPSA) is 89.0 Å². The first-order chi connectivity index (χ1) is 17.0. The molecule has 0 aliphatic carbocycles. The molecule has 1 aliphatic rings. The summed E-state index contributed by atoms with van der Waals surface area (Å²) in [4.78, 5) is 30.8. The fourth-order valence-corrected chi connectivity index (χ4v) is 4.69. The molecule has 3 aromatic carbocycles. The molecule has 7 nitrogen and oxygen atoms in total. The highest BCUT2D eigenvalue weighted by Crippen LogP contribution is 2.38. The number of thioether (sulfide) groups is 1. The summed E-state index contributed by atoms with van der Waals surface area (Å²) >= 11 is 1.28. The normalized spacial score (nSPS) is 15.8. The van der Waals surface area contributed by atoms with Crippen molar-refractivity contribution in [2.24, 2.45) is 4.99 Å². The number of nitrogens with zero attached hydrogens (tertiary/aromatic N) is 3. The highest BCUT2D eigenvalue weighted by molar-refractivity contribution is 8.19. The van der Waals surface area contributed by atoms with Gasteiger partial charge in [0, 0.05) is 23.8 Å². The van der Waals surface area contributed by atoms with Gasteiger partial charge in [-0.3, -0.25) is 19.8 Å². The number of carbonyl (C=O) groups excluding carboxylic acids is 1. The van der Waals surface area contributed by atoms with Crippen molar-refractivity contribution < 1.29 is 14.1 Å². The summed E-state index contributed by atoms with van der Waals surface area (Å²) in [6.45, 7) is 1.80. The van der Waals surface area contributed by atoms with Crippen LogP contribution in [-0.2, 0) is 4.79 Å². The molecule has 1 amide bonds. The molecule has 1 fully saturated rings. The maximum atomic E-state index is 13.4. The van der Waals surface area contributed by atoms with E-state index >= 15 is 0 Å². The van der Waals surface area contributed by atoms with Crippen LogP contribution in [0.3, 0.4) is 0 Å². The molecule has 0 radical (unpaired) electrons. The molecule has 0 saturated carbocycles. The Morgan fingerprint density at radius 1 is 0.971 bits per heavy atom. The van der Waals surface area contributed by atoms with E-state index in [0.29, 0.717) is 21.6 Å². The van der Waals surface area contributed by atoms with Crippen LogP contribution >= 0.6 is 11.8 Å². The number of aryl methyl sites for hydroxylation is 1. The molecule has 0 N–H and O–H groups in total. The SMILES string of the molecule is Cc1cc([N+](=O)[O-])ccc1-c1ccc(/C=C2/SC(=Nc3ccccc3)N(c3ccccc3)C2=O)o1. The molecule has 5 rings (SSSR count). The molecule has 8 heteroatoms. The lowest BCUT2D eigenvalue weighted by Gasteiger charge is -2.15. The Kier molecular flexibility index (Phi) is 6.03. The molecule has 35 heavy (non-hydrogen) atoms. The highest BCUT2D eigenvalue weighted by Gasteiger charge is 2.35. The number of nitro groups is 1. The van der Waals surface area contributed by atoms with Gasteiger partial charge >= 0.3 is 0 Å². The van der Waals surface area contributed by atoms with E-state index in [1.807, 2.05) is 60.7 Å². The summed E-state index contributed by atoms with van der Waals surface area (Å²) in [7, 11) is 0. The van der Waals surface area contributed by atoms with E-state index in [0.717, 1.165) is 22.5 Å². The zero-order valence-electron chi connectivity index (χ0n) is 18.6. The van der Waals surface area contributed by atoms with Crippen LogP contribution in [0.25, 0.3) is 17.4 Å². The predicted molar refractivity (Wildman–Crippen MR) is 139 cm³/mol. The summed E-state index contributed by atoms with van der Waals surface area (Å²) < 4.78 is 5.99. The Labute approximate surface area is 205 Å². The third-order valence-corrected chi connectivity index (χ3v) is 6.36. The largest absolute Gasteiger partial charge is 0.457 e. The number of amides is 1. The minimum Gasteiger partial charge on any atom is -0.457 e. The van der Waals surface area contributed by atoms with Crippen molar-refractivity contribution in [1.29, 1.82) is 0 Å². The standard InChI is InChI=1S/C27H19N3O4S/c1-18-16-21(30(32)33)12-14-23(18)24-15-13-22(34-24)17-25-26(31)29(20-10-6-3-7-11-20)27(35-25)28-19-8-4-2-5-9-19/h2-17H,1H3/b25-17+,28-27?. The van der Waals surface area contributed by atoms with Gasteiger partial charge in [0.05, 0.1) is 21.2 Å². The second-order valence-corrected chi connectivity index (χ2v) is 8.78. The number of hydrogen-bond acceptors (Lipinski definition) is 6. The zero-order chi connectivity index (χ0) is 24.4. The summed E-state index contributed by atoms with van der Waals surface area (Å²) in [6.07, 6.45) is 1.70. The van der Waals surface area contributed by atoms with Gasteiger partial charge in [-0.05, 0) is 66.7 Å². The van der Waals surface area contributed by atoms with Crippen LogP contribution in [0.5, 0.6) is 0 Å². The molecule has 1 saturated heterocycles. The number of furan rings is 1. The van der Waals surface area contributed by atoms with Gasteiger partial charge in [0.15, 0.2) is 5.17 Å². The monoisotopic (exact) mass is 481 g/mol. The second-order valence-electron chi connectivity index (χ2n) is 7.78. The van der Waals surface area contributed by atoms with Gasteiger partial charge in [0.2, 0.25) is 0 Å². The van der Waals surface area contributed by atoms with Crippen LogP contribution in [-0.4, -0.2) is 16.0 Å². The van der Waals surface area contributed by atoms with Gasteiger partial charge in [0.25, 0.3) is 11.6 Å². The third-order valence-electron chi connectivity index (χ3n) is 5.39. The number of amidine groups is 1. The molecule has 0 unspecified atom stereocenters. The molecule has 4 aromatic rings. The number of nitro benzene ring substituents is 1. The number of para-hydroxylation sites is 2. The molecule has 2 heterocycles. The van der Waals surface area contributed by atoms with Gasteiger partial charge in [-0.25, -0.2) is 4.99 Å². The molecule has 0 bridgehead atoms. The number of hydrogen-bond donors (Lipinski definition) is 0. The first kappa shape index (κ1) is 22.4. The Morgan fingerprint density at radius 3 is 2.37 bits per heavy atom. The Bertz CT molecular complexity index is 1480. The highest BCUT2D eigenvalue weighted by atomic mass is 32.2. The summed E-state index contributed by atoms with van der Waals surface area (Å²) in [6, 6.07) is 27.0. The molecule has 1 aromatic heterocycles. The van der Waals surface area contributed by atoms with E-state index in [9.17, 15) is 14.9 Å². The zero-order valence-corrected chi connectivity index (χ0v) is 19.4. The third kappa shape index (κ3) is 4.64. The Balaban J connectivity index is 1.49. The van der Waals surface area contributed by atoms with Gasteiger partial charge in [-0.2, -0.15) is 0 Å². The van der Waals surface area contributed by atoms with E-state index in [2.05, 4.69) is 0 Å². The maximum Gasteiger partial charge on any atom is 0.271 e. The summed E-state index contributed by atoms with van der Waals surface area (Å²) in [5.74, 6) is 0.876. The average Bonchev–Trinajstić information content (AvgIpc) is 3.44. The van der Waals surface area contributed by atoms with Crippen molar-refractivity contribution in [2.45, 2.75) is 6.92 Å². The van der Waals surface area contributed by atoms with Gasteiger partial charge < -0.3 is 4.42 Å².